The van der Waals surface area contributed by atoms with Crippen LogP contribution in [0.1, 0.15) is 20.3 Å². The SMILES string of the molecule is CC(C)CC1C(=O)C=CC1O. The number of rotatable bonds is 2. The molecule has 0 saturated heterocycles. The molecular formula is C9H14O2. The summed E-state index contributed by atoms with van der Waals surface area (Å²) in [4.78, 5) is 11.1. The van der Waals surface area contributed by atoms with Crippen molar-refractivity contribution in [3.63, 3.8) is 0 Å². The largest absolute Gasteiger partial charge is 0.388 e. The van der Waals surface area contributed by atoms with Crippen LogP contribution in [0.5, 0.6) is 0 Å². The molecule has 2 unspecified atom stereocenters. The Kier molecular flexibility index (Phi) is 2.45. The fourth-order valence-electron chi connectivity index (χ4n) is 1.38. The van der Waals surface area contributed by atoms with E-state index in [9.17, 15) is 9.90 Å². The molecule has 0 fully saturated rings. The molecular weight excluding hydrogens is 140 g/mol. The second-order valence-electron chi connectivity index (χ2n) is 3.49. The van der Waals surface area contributed by atoms with E-state index in [-0.39, 0.29) is 11.7 Å². The van der Waals surface area contributed by atoms with Crippen molar-refractivity contribution >= 4 is 5.78 Å². The molecule has 0 heterocycles. The van der Waals surface area contributed by atoms with Crippen molar-refractivity contribution in [2.24, 2.45) is 11.8 Å². The van der Waals surface area contributed by atoms with E-state index in [1.807, 2.05) is 0 Å². The average Bonchev–Trinajstić information content (AvgIpc) is 2.18. The van der Waals surface area contributed by atoms with Crippen LogP contribution < -0.4 is 0 Å². The molecule has 0 aromatic heterocycles. The first kappa shape index (κ1) is 8.47. The first-order valence-corrected chi connectivity index (χ1v) is 4.01. The van der Waals surface area contributed by atoms with Gasteiger partial charge in [0, 0.05) is 0 Å². The van der Waals surface area contributed by atoms with Crippen molar-refractivity contribution in [3.8, 4) is 0 Å². The maximum absolute atomic E-state index is 11.1. The topological polar surface area (TPSA) is 37.3 Å². The molecule has 0 saturated carbocycles. The van der Waals surface area contributed by atoms with Crippen LogP contribution in [0.25, 0.3) is 0 Å². The molecule has 1 aliphatic rings. The summed E-state index contributed by atoms with van der Waals surface area (Å²) in [5.41, 5.74) is 0. The number of aliphatic hydroxyl groups is 1. The van der Waals surface area contributed by atoms with E-state index in [1.165, 1.54) is 6.08 Å². The van der Waals surface area contributed by atoms with Crippen molar-refractivity contribution in [1.82, 2.24) is 0 Å². The lowest BCUT2D eigenvalue weighted by Gasteiger charge is -2.14. The molecule has 11 heavy (non-hydrogen) atoms. The zero-order valence-electron chi connectivity index (χ0n) is 6.95. The summed E-state index contributed by atoms with van der Waals surface area (Å²) in [6, 6.07) is 0. The van der Waals surface area contributed by atoms with Crippen molar-refractivity contribution in [2.75, 3.05) is 0 Å². The van der Waals surface area contributed by atoms with Gasteiger partial charge in [0.25, 0.3) is 0 Å². The van der Waals surface area contributed by atoms with Gasteiger partial charge in [0.15, 0.2) is 5.78 Å². The number of hydrogen-bond acceptors (Lipinski definition) is 2. The van der Waals surface area contributed by atoms with Gasteiger partial charge >= 0.3 is 0 Å². The normalized spacial score (nSPS) is 30.4. The molecule has 2 heteroatoms. The summed E-state index contributed by atoms with van der Waals surface area (Å²) >= 11 is 0. The van der Waals surface area contributed by atoms with Crippen LogP contribution in [-0.4, -0.2) is 17.0 Å². The van der Waals surface area contributed by atoms with E-state index in [0.29, 0.717) is 5.92 Å². The van der Waals surface area contributed by atoms with Gasteiger partial charge in [-0.2, -0.15) is 0 Å². The smallest absolute Gasteiger partial charge is 0.161 e. The van der Waals surface area contributed by atoms with Crippen molar-refractivity contribution in [2.45, 2.75) is 26.4 Å². The maximum atomic E-state index is 11.1. The van der Waals surface area contributed by atoms with Gasteiger partial charge in [-0.3, -0.25) is 4.79 Å². The van der Waals surface area contributed by atoms with Crippen LogP contribution in [-0.2, 0) is 4.79 Å². The predicted molar refractivity (Wildman–Crippen MR) is 43.1 cm³/mol. The van der Waals surface area contributed by atoms with Gasteiger partial charge in [0.1, 0.15) is 0 Å². The lowest BCUT2D eigenvalue weighted by atomic mass is 9.93. The van der Waals surface area contributed by atoms with E-state index in [2.05, 4.69) is 13.8 Å². The molecule has 0 amide bonds. The molecule has 1 N–H and O–H groups in total. The van der Waals surface area contributed by atoms with E-state index in [0.717, 1.165) is 6.42 Å². The highest BCUT2D eigenvalue weighted by Gasteiger charge is 2.28. The number of allylic oxidation sites excluding steroid dienone is 1. The second kappa shape index (κ2) is 3.18. The fraction of sp³-hybridized carbons (Fsp3) is 0.667. The number of carbonyl (C=O) groups is 1. The van der Waals surface area contributed by atoms with Crippen LogP contribution in [0.4, 0.5) is 0 Å². The average molecular weight is 154 g/mol. The molecule has 2 nitrogen and oxygen atoms in total. The van der Waals surface area contributed by atoms with Crippen LogP contribution in [0, 0.1) is 11.8 Å². The number of ketones is 1. The predicted octanol–water partition coefficient (Wildman–Crippen LogP) is 1.15. The molecule has 0 bridgehead atoms. The Bertz CT molecular complexity index is 182. The minimum atomic E-state index is -0.537. The van der Waals surface area contributed by atoms with Gasteiger partial charge in [-0.1, -0.05) is 19.9 Å². The first-order valence-electron chi connectivity index (χ1n) is 4.01. The summed E-state index contributed by atoms with van der Waals surface area (Å²) in [6.07, 6.45) is 3.31. The highest BCUT2D eigenvalue weighted by Crippen LogP contribution is 2.22. The summed E-state index contributed by atoms with van der Waals surface area (Å²) in [6.45, 7) is 4.11. The Labute approximate surface area is 66.9 Å². The number of carbonyl (C=O) groups excluding carboxylic acids is 1. The first-order chi connectivity index (χ1) is 5.11. The van der Waals surface area contributed by atoms with Crippen LogP contribution in [0.2, 0.25) is 0 Å². The van der Waals surface area contributed by atoms with Gasteiger partial charge in [-0.15, -0.1) is 0 Å². The highest BCUT2D eigenvalue weighted by atomic mass is 16.3. The minimum Gasteiger partial charge on any atom is -0.388 e. The zero-order chi connectivity index (χ0) is 8.43. The van der Waals surface area contributed by atoms with Gasteiger partial charge < -0.3 is 5.11 Å². The molecule has 0 spiro atoms. The van der Waals surface area contributed by atoms with Crippen LogP contribution in [0.15, 0.2) is 12.2 Å². The lowest BCUT2D eigenvalue weighted by molar-refractivity contribution is -0.119. The third-order valence-corrected chi connectivity index (χ3v) is 1.96. The molecule has 0 aromatic rings. The Balaban J connectivity index is 2.52. The van der Waals surface area contributed by atoms with Gasteiger partial charge in [-0.05, 0) is 18.4 Å². The summed E-state index contributed by atoms with van der Waals surface area (Å²) in [5, 5.41) is 9.30. The van der Waals surface area contributed by atoms with E-state index in [1.54, 1.807) is 6.08 Å². The fourth-order valence-corrected chi connectivity index (χ4v) is 1.38. The second-order valence-corrected chi connectivity index (χ2v) is 3.49. The summed E-state index contributed by atoms with van der Waals surface area (Å²) < 4.78 is 0. The van der Waals surface area contributed by atoms with E-state index >= 15 is 0 Å². The lowest BCUT2D eigenvalue weighted by Crippen LogP contribution is -2.21. The molecule has 0 aliphatic heterocycles. The van der Waals surface area contributed by atoms with E-state index in [4.69, 9.17) is 0 Å². The molecule has 1 aliphatic carbocycles. The minimum absolute atomic E-state index is 0.0752. The molecule has 2 atom stereocenters. The van der Waals surface area contributed by atoms with Crippen molar-refractivity contribution < 1.29 is 9.90 Å². The third-order valence-electron chi connectivity index (χ3n) is 1.96. The Hall–Kier alpha value is -0.630. The molecule has 0 aromatic carbocycles. The molecule has 62 valence electrons. The third kappa shape index (κ3) is 1.90. The standard InChI is InChI=1S/C9H14O2/c1-6(2)5-7-8(10)3-4-9(7)11/h3-4,6-8,10H,5H2,1-2H3. The molecule has 1 rings (SSSR count). The number of aliphatic hydroxyl groups excluding tert-OH is 1. The molecule has 0 radical (unpaired) electrons. The van der Waals surface area contributed by atoms with Crippen LogP contribution >= 0.6 is 0 Å². The summed E-state index contributed by atoms with van der Waals surface area (Å²) in [7, 11) is 0. The monoisotopic (exact) mass is 154 g/mol. The quantitative estimate of drug-likeness (QED) is 0.647. The zero-order valence-corrected chi connectivity index (χ0v) is 6.95. The summed E-state index contributed by atoms with van der Waals surface area (Å²) in [5.74, 6) is 0.375. The van der Waals surface area contributed by atoms with Gasteiger partial charge in [0.05, 0.1) is 12.0 Å². The van der Waals surface area contributed by atoms with Gasteiger partial charge in [-0.25, -0.2) is 0 Å². The Morgan fingerprint density at radius 2 is 2.27 bits per heavy atom. The van der Waals surface area contributed by atoms with Crippen LogP contribution in [0.3, 0.4) is 0 Å². The Morgan fingerprint density at radius 1 is 1.64 bits per heavy atom. The van der Waals surface area contributed by atoms with E-state index < -0.39 is 6.10 Å². The highest BCUT2D eigenvalue weighted by molar-refractivity contribution is 5.94. The maximum Gasteiger partial charge on any atom is 0.161 e. The van der Waals surface area contributed by atoms with Gasteiger partial charge in [0.2, 0.25) is 0 Å². The van der Waals surface area contributed by atoms with Crippen molar-refractivity contribution in [3.05, 3.63) is 12.2 Å². The number of hydrogen-bond donors (Lipinski definition) is 1. The Morgan fingerprint density at radius 3 is 2.64 bits per heavy atom. The van der Waals surface area contributed by atoms with Crippen molar-refractivity contribution in [1.29, 1.82) is 0 Å².